The Morgan fingerprint density at radius 2 is 1.82 bits per heavy atom. The summed E-state index contributed by atoms with van der Waals surface area (Å²) in [5, 5.41) is 2.09. The van der Waals surface area contributed by atoms with Gasteiger partial charge in [-0.1, -0.05) is 35.5 Å². The van der Waals surface area contributed by atoms with Gasteiger partial charge in [-0.3, -0.25) is 0 Å². The summed E-state index contributed by atoms with van der Waals surface area (Å²) < 4.78 is 0. The molecule has 0 radical (unpaired) electrons. The van der Waals surface area contributed by atoms with Crippen molar-refractivity contribution in [3.8, 4) is 0 Å². The lowest BCUT2D eigenvalue weighted by molar-refractivity contribution is 1.38. The Kier molecular flexibility index (Phi) is 3.24. The van der Waals surface area contributed by atoms with E-state index >= 15 is 0 Å². The summed E-state index contributed by atoms with van der Waals surface area (Å²) in [5.74, 6) is 0. The second-order valence-electron chi connectivity index (χ2n) is 2.40. The molecule has 0 atom stereocenters. The molecule has 1 aromatic rings. The Morgan fingerprint density at radius 3 is 2.36 bits per heavy atom. The summed E-state index contributed by atoms with van der Waals surface area (Å²) >= 11 is 1.75. The predicted octanol–water partition coefficient (Wildman–Crippen LogP) is 3.62. The van der Waals surface area contributed by atoms with Crippen molar-refractivity contribution in [3.63, 3.8) is 0 Å². The molecule has 0 unspecified atom stereocenters. The molecule has 11 heavy (non-hydrogen) atoms. The summed E-state index contributed by atoms with van der Waals surface area (Å²) in [6.45, 7) is 4.13. The van der Waals surface area contributed by atoms with Crippen molar-refractivity contribution < 1.29 is 0 Å². The average Bonchev–Trinajstić information content (AvgIpc) is 2.04. The van der Waals surface area contributed by atoms with Gasteiger partial charge >= 0.3 is 0 Å². The number of benzene rings is 1. The third-order valence-electron chi connectivity index (χ3n) is 1.36. The highest BCUT2D eigenvalue weighted by atomic mass is 32.2. The molecule has 0 heterocycles. The maximum absolute atomic E-state index is 2.14. The highest BCUT2D eigenvalue weighted by Gasteiger charge is 1.87. The van der Waals surface area contributed by atoms with E-state index in [0.717, 1.165) is 0 Å². The second-order valence-corrected chi connectivity index (χ2v) is 3.38. The van der Waals surface area contributed by atoms with E-state index in [-0.39, 0.29) is 0 Å². The SMILES string of the molecule is CC=CSc1ccc(C)cc1. The molecule has 0 N–H and O–H groups in total. The van der Waals surface area contributed by atoms with Crippen LogP contribution in [-0.4, -0.2) is 0 Å². The molecule has 0 fully saturated rings. The van der Waals surface area contributed by atoms with E-state index in [0.29, 0.717) is 0 Å². The van der Waals surface area contributed by atoms with E-state index in [9.17, 15) is 0 Å². The molecule has 0 aromatic heterocycles. The van der Waals surface area contributed by atoms with Crippen molar-refractivity contribution in [1.82, 2.24) is 0 Å². The smallest absolute Gasteiger partial charge is 0.0116 e. The minimum Gasteiger partial charge on any atom is -0.0984 e. The van der Waals surface area contributed by atoms with Crippen LogP contribution in [0.25, 0.3) is 0 Å². The van der Waals surface area contributed by atoms with E-state index < -0.39 is 0 Å². The van der Waals surface area contributed by atoms with Crippen LogP contribution in [0.5, 0.6) is 0 Å². The summed E-state index contributed by atoms with van der Waals surface area (Å²) in [5.41, 5.74) is 1.31. The molecular formula is C10H12S. The monoisotopic (exact) mass is 164 g/mol. The summed E-state index contributed by atoms with van der Waals surface area (Å²) in [4.78, 5) is 1.30. The zero-order valence-electron chi connectivity index (χ0n) is 6.87. The van der Waals surface area contributed by atoms with Gasteiger partial charge in [0.15, 0.2) is 0 Å². The highest BCUT2D eigenvalue weighted by molar-refractivity contribution is 8.02. The Labute approximate surface area is 72.3 Å². The van der Waals surface area contributed by atoms with Gasteiger partial charge in [-0.2, -0.15) is 0 Å². The largest absolute Gasteiger partial charge is 0.0984 e. The maximum atomic E-state index is 2.14. The van der Waals surface area contributed by atoms with Crippen LogP contribution in [0.4, 0.5) is 0 Å². The molecule has 0 amide bonds. The number of rotatable bonds is 2. The molecule has 1 rings (SSSR count). The normalized spacial score (nSPS) is 10.7. The molecule has 0 aliphatic heterocycles. The minimum atomic E-state index is 1.30. The number of allylic oxidation sites excluding steroid dienone is 1. The maximum Gasteiger partial charge on any atom is 0.0116 e. The Hall–Kier alpha value is -0.690. The molecule has 0 aliphatic carbocycles. The fraction of sp³-hybridized carbons (Fsp3) is 0.200. The first kappa shape index (κ1) is 8.41. The van der Waals surface area contributed by atoms with Crippen molar-refractivity contribution in [2.45, 2.75) is 18.7 Å². The number of aryl methyl sites for hydroxylation is 1. The predicted molar refractivity (Wildman–Crippen MR) is 51.9 cm³/mol. The highest BCUT2D eigenvalue weighted by Crippen LogP contribution is 2.18. The van der Waals surface area contributed by atoms with Crippen LogP contribution in [-0.2, 0) is 0 Å². The number of hydrogen-bond donors (Lipinski definition) is 0. The topological polar surface area (TPSA) is 0 Å². The minimum absolute atomic E-state index is 1.30. The molecule has 0 aliphatic rings. The van der Waals surface area contributed by atoms with Gasteiger partial charge in [0.25, 0.3) is 0 Å². The Morgan fingerprint density at radius 1 is 1.18 bits per heavy atom. The molecular weight excluding hydrogens is 152 g/mol. The fourth-order valence-electron chi connectivity index (χ4n) is 0.763. The van der Waals surface area contributed by atoms with E-state index in [1.165, 1.54) is 10.5 Å². The first-order valence-corrected chi connectivity index (χ1v) is 4.55. The second kappa shape index (κ2) is 4.24. The van der Waals surface area contributed by atoms with Gasteiger partial charge in [-0.25, -0.2) is 0 Å². The molecule has 0 saturated carbocycles. The van der Waals surface area contributed by atoms with E-state index in [4.69, 9.17) is 0 Å². The van der Waals surface area contributed by atoms with Crippen LogP contribution in [0.15, 0.2) is 40.6 Å². The standard InChI is InChI=1S/C10H12S/c1-3-8-11-10-6-4-9(2)5-7-10/h3-8H,1-2H3. The lowest BCUT2D eigenvalue weighted by atomic mass is 10.2. The number of thioether (sulfide) groups is 1. The molecule has 0 saturated heterocycles. The summed E-state index contributed by atoms with van der Waals surface area (Å²) in [6.07, 6.45) is 2.05. The number of hydrogen-bond acceptors (Lipinski definition) is 1. The fourth-order valence-corrected chi connectivity index (χ4v) is 1.35. The van der Waals surface area contributed by atoms with Crippen LogP contribution >= 0.6 is 11.8 Å². The van der Waals surface area contributed by atoms with Gasteiger partial charge in [0.05, 0.1) is 0 Å². The van der Waals surface area contributed by atoms with Crippen molar-refractivity contribution >= 4 is 11.8 Å². The van der Waals surface area contributed by atoms with E-state index in [1.54, 1.807) is 11.8 Å². The van der Waals surface area contributed by atoms with Crippen LogP contribution in [0, 0.1) is 6.92 Å². The first-order valence-electron chi connectivity index (χ1n) is 3.67. The lowest BCUT2D eigenvalue weighted by Gasteiger charge is -1.95. The third-order valence-corrected chi connectivity index (χ3v) is 2.31. The average molecular weight is 164 g/mol. The van der Waals surface area contributed by atoms with Gasteiger partial charge in [-0.05, 0) is 31.4 Å². The molecule has 0 spiro atoms. The van der Waals surface area contributed by atoms with Crippen molar-refractivity contribution in [2.75, 3.05) is 0 Å². The van der Waals surface area contributed by atoms with Crippen molar-refractivity contribution in [1.29, 1.82) is 0 Å². The van der Waals surface area contributed by atoms with Gasteiger partial charge in [-0.15, -0.1) is 0 Å². The lowest BCUT2D eigenvalue weighted by Crippen LogP contribution is -1.70. The zero-order chi connectivity index (χ0) is 8.10. The Balaban J connectivity index is 2.66. The van der Waals surface area contributed by atoms with E-state index in [1.807, 2.05) is 13.0 Å². The van der Waals surface area contributed by atoms with Gasteiger partial charge < -0.3 is 0 Å². The van der Waals surface area contributed by atoms with Crippen LogP contribution in [0.3, 0.4) is 0 Å². The van der Waals surface area contributed by atoms with Crippen LogP contribution < -0.4 is 0 Å². The quantitative estimate of drug-likeness (QED) is 0.601. The van der Waals surface area contributed by atoms with Gasteiger partial charge in [0.1, 0.15) is 0 Å². The first-order chi connectivity index (χ1) is 5.33. The molecule has 0 bridgehead atoms. The zero-order valence-corrected chi connectivity index (χ0v) is 7.69. The van der Waals surface area contributed by atoms with Gasteiger partial charge in [0.2, 0.25) is 0 Å². The van der Waals surface area contributed by atoms with Crippen LogP contribution in [0.1, 0.15) is 12.5 Å². The molecule has 0 nitrogen and oxygen atoms in total. The van der Waals surface area contributed by atoms with Gasteiger partial charge in [0, 0.05) is 4.90 Å². The molecule has 1 aromatic carbocycles. The summed E-state index contributed by atoms with van der Waals surface area (Å²) in [6, 6.07) is 8.54. The van der Waals surface area contributed by atoms with Crippen molar-refractivity contribution in [2.24, 2.45) is 0 Å². The third kappa shape index (κ3) is 2.81. The van der Waals surface area contributed by atoms with Crippen LogP contribution in [0.2, 0.25) is 0 Å². The molecule has 58 valence electrons. The van der Waals surface area contributed by atoms with E-state index in [2.05, 4.69) is 36.6 Å². The van der Waals surface area contributed by atoms with Crippen molar-refractivity contribution in [3.05, 3.63) is 41.3 Å². The summed E-state index contributed by atoms with van der Waals surface area (Å²) in [7, 11) is 0. The Bertz CT molecular complexity index is 234. The molecule has 1 heteroatoms.